The normalized spacial score (nSPS) is 14.4. The molecule has 1 aliphatic rings. The molecule has 0 N–H and O–H groups in total. The molecule has 0 atom stereocenters. The summed E-state index contributed by atoms with van der Waals surface area (Å²) in [5.41, 5.74) is 1.26. The molecule has 0 bridgehead atoms. The SMILES string of the molecule is [CH2]=[Ti]([O]c1cc(Cl)cc(C(C)(C)C)c1)[C]1=CC=CC1. The van der Waals surface area contributed by atoms with Crippen LogP contribution < -0.4 is 3.32 Å². The molecule has 2 rings (SSSR count). The van der Waals surface area contributed by atoms with Crippen LogP contribution in [0.25, 0.3) is 0 Å². The van der Waals surface area contributed by atoms with E-state index in [1.54, 1.807) is 0 Å². The van der Waals surface area contributed by atoms with Gasteiger partial charge in [-0.3, -0.25) is 0 Å². The summed E-state index contributed by atoms with van der Waals surface area (Å²) in [4.78, 5) is 4.23. The van der Waals surface area contributed by atoms with Crippen molar-refractivity contribution in [1.29, 1.82) is 0 Å². The summed E-state index contributed by atoms with van der Waals surface area (Å²) < 4.78 is 7.44. The third-order valence-corrected chi connectivity index (χ3v) is 5.78. The molecular weight excluding hydrogens is 291 g/mol. The van der Waals surface area contributed by atoms with Gasteiger partial charge in [0.25, 0.3) is 0 Å². The Morgan fingerprint density at radius 3 is 2.58 bits per heavy atom. The van der Waals surface area contributed by atoms with Crippen molar-refractivity contribution in [3.63, 3.8) is 0 Å². The number of rotatable bonds is 3. The molecule has 0 radical (unpaired) electrons. The van der Waals surface area contributed by atoms with Gasteiger partial charge in [-0.05, 0) is 0 Å². The molecule has 1 aromatic carbocycles. The van der Waals surface area contributed by atoms with E-state index >= 15 is 0 Å². The predicted octanol–water partition coefficient (Wildman–Crippen LogP) is 4.83. The summed E-state index contributed by atoms with van der Waals surface area (Å²) in [6, 6.07) is 5.98. The van der Waals surface area contributed by atoms with Crippen molar-refractivity contribution in [3.8, 4) is 5.75 Å². The molecule has 3 heteroatoms. The van der Waals surface area contributed by atoms with Gasteiger partial charge in [0.05, 0.1) is 0 Å². The molecule has 0 heterocycles. The van der Waals surface area contributed by atoms with E-state index in [1.165, 1.54) is 9.44 Å². The summed E-state index contributed by atoms with van der Waals surface area (Å²) in [6.45, 7) is 6.52. The van der Waals surface area contributed by atoms with E-state index in [2.05, 4.69) is 49.9 Å². The summed E-state index contributed by atoms with van der Waals surface area (Å²) in [5, 5.41) is 0.729. The molecule has 0 saturated carbocycles. The van der Waals surface area contributed by atoms with Crippen molar-refractivity contribution < 1.29 is 21.1 Å². The van der Waals surface area contributed by atoms with E-state index in [4.69, 9.17) is 14.9 Å². The van der Waals surface area contributed by atoms with E-state index in [0.717, 1.165) is 17.2 Å². The Labute approximate surface area is 126 Å². The number of hydrogen-bond acceptors (Lipinski definition) is 1. The zero-order valence-corrected chi connectivity index (χ0v) is 14.0. The van der Waals surface area contributed by atoms with Gasteiger partial charge in [0.15, 0.2) is 0 Å². The molecule has 19 heavy (non-hydrogen) atoms. The van der Waals surface area contributed by atoms with Crippen molar-refractivity contribution >= 4 is 16.4 Å². The molecule has 100 valence electrons. The Balaban J connectivity index is 2.21. The monoisotopic (exact) mass is 310 g/mol. The Kier molecular flexibility index (Phi) is 4.50. The maximum absolute atomic E-state index is 6.19. The Morgan fingerprint density at radius 2 is 2.00 bits per heavy atom. The van der Waals surface area contributed by atoms with Crippen LogP contribution in [0.1, 0.15) is 32.8 Å². The molecule has 1 aliphatic carbocycles. The van der Waals surface area contributed by atoms with E-state index in [-0.39, 0.29) is 5.41 Å². The van der Waals surface area contributed by atoms with Crippen molar-refractivity contribution in [1.82, 2.24) is 0 Å². The molecule has 0 aromatic heterocycles. The Hall–Kier alpha value is -0.626. The fourth-order valence-corrected chi connectivity index (χ4v) is 3.95. The van der Waals surface area contributed by atoms with E-state index in [1.807, 2.05) is 12.1 Å². The van der Waals surface area contributed by atoms with Gasteiger partial charge in [0, 0.05) is 0 Å². The minimum atomic E-state index is -1.87. The molecule has 0 spiro atoms. The molecule has 0 fully saturated rings. The molecule has 0 unspecified atom stereocenters. The van der Waals surface area contributed by atoms with Gasteiger partial charge in [-0.2, -0.15) is 0 Å². The van der Waals surface area contributed by atoms with Crippen LogP contribution in [0.2, 0.25) is 5.02 Å². The van der Waals surface area contributed by atoms with E-state index in [9.17, 15) is 0 Å². The second kappa shape index (κ2) is 5.79. The first-order chi connectivity index (χ1) is 8.86. The molecule has 0 amide bonds. The van der Waals surface area contributed by atoms with Crippen molar-refractivity contribution in [3.05, 3.63) is 50.9 Å². The average molecular weight is 311 g/mol. The van der Waals surface area contributed by atoms with Crippen LogP contribution in [-0.2, 0) is 23.2 Å². The van der Waals surface area contributed by atoms with Crippen LogP contribution in [0, 0.1) is 0 Å². The fourth-order valence-electron chi connectivity index (χ4n) is 1.92. The summed E-state index contributed by atoms with van der Waals surface area (Å²) in [5.74, 6) is 0.857. The quantitative estimate of drug-likeness (QED) is 0.727. The molecule has 1 aromatic rings. The van der Waals surface area contributed by atoms with Crippen LogP contribution in [0.5, 0.6) is 5.75 Å². The van der Waals surface area contributed by atoms with Crippen molar-refractivity contribution in [2.45, 2.75) is 32.6 Å². The third-order valence-electron chi connectivity index (χ3n) is 3.11. The van der Waals surface area contributed by atoms with Crippen molar-refractivity contribution in [2.75, 3.05) is 0 Å². The van der Waals surface area contributed by atoms with E-state index < -0.39 is 17.8 Å². The Morgan fingerprint density at radius 1 is 1.26 bits per heavy atom. The van der Waals surface area contributed by atoms with E-state index in [0.29, 0.717) is 0 Å². The van der Waals surface area contributed by atoms with Crippen LogP contribution in [0.4, 0.5) is 0 Å². The minimum absolute atomic E-state index is 0.0680. The average Bonchev–Trinajstić information content (AvgIpc) is 2.80. The maximum atomic E-state index is 6.19. The van der Waals surface area contributed by atoms with Crippen LogP contribution in [0.15, 0.2) is 40.3 Å². The van der Waals surface area contributed by atoms with Crippen LogP contribution in [0.3, 0.4) is 0 Å². The zero-order valence-electron chi connectivity index (χ0n) is 11.7. The summed E-state index contributed by atoms with van der Waals surface area (Å²) in [6.07, 6.45) is 7.36. The molecular formula is C16H19ClOTi. The number of hydrogen-bond donors (Lipinski definition) is 0. The zero-order chi connectivity index (χ0) is 14.0. The standard InChI is InChI=1S/C10H13ClO.C5H5.CH2.Ti/c1-10(2,3)7-4-8(11)6-9(12)5-7;1-2-4-5-3-1;;/h4-6,12H,1-3H3;1-3H,4H2;1H2;/q;;;+1/p-1. The predicted molar refractivity (Wildman–Crippen MR) is 79.7 cm³/mol. The number of halogens is 1. The molecule has 0 saturated heterocycles. The number of allylic oxidation sites excluding steroid dienone is 4. The van der Waals surface area contributed by atoms with Gasteiger partial charge in [-0.25, -0.2) is 0 Å². The first-order valence-electron chi connectivity index (χ1n) is 6.40. The summed E-state index contributed by atoms with van der Waals surface area (Å²) >= 11 is 4.32. The molecule has 0 aliphatic heterocycles. The van der Waals surface area contributed by atoms with Gasteiger partial charge in [0.1, 0.15) is 0 Å². The topological polar surface area (TPSA) is 9.23 Å². The van der Waals surface area contributed by atoms with Crippen LogP contribution in [-0.4, -0.2) is 4.82 Å². The van der Waals surface area contributed by atoms with Gasteiger partial charge < -0.3 is 0 Å². The van der Waals surface area contributed by atoms with Crippen LogP contribution >= 0.6 is 11.6 Å². The third kappa shape index (κ3) is 3.92. The van der Waals surface area contributed by atoms with Crippen molar-refractivity contribution in [2.24, 2.45) is 0 Å². The molecule has 1 nitrogen and oxygen atoms in total. The van der Waals surface area contributed by atoms with Gasteiger partial charge in [-0.15, -0.1) is 0 Å². The second-order valence-electron chi connectivity index (χ2n) is 5.78. The first kappa shape index (κ1) is 14.8. The second-order valence-corrected chi connectivity index (χ2v) is 8.85. The Bertz CT molecular complexity index is 565. The van der Waals surface area contributed by atoms with Gasteiger partial charge >= 0.3 is 127 Å². The summed E-state index contributed by atoms with van der Waals surface area (Å²) in [7, 11) is 0. The van der Waals surface area contributed by atoms with Gasteiger partial charge in [-0.1, -0.05) is 0 Å². The van der Waals surface area contributed by atoms with Gasteiger partial charge in [0.2, 0.25) is 0 Å². The fraction of sp³-hybridized carbons (Fsp3) is 0.312. The first-order valence-corrected chi connectivity index (χ1v) is 9.30. The number of benzene rings is 1.